The first-order chi connectivity index (χ1) is 11.1. The second-order valence-corrected chi connectivity index (χ2v) is 5.98. The van der Waals surface area contributed by atoms with E-state index in [9.17, 15) is 14.0 Å². The van der Waals surface area contributed by atoms with Crippen molar-refractivity contribution in [2.75, 3.05) is 19.8 Å². The molecule has 120 valence electrons. The number of hydrogen-bond acceptors (Lipinski definition) is 3. The van der Waals surface area contributed by atoms with Crippen LogP contribution in [0.5, 0.6) is 0 Å². The Morgan fingerprint density at radius 3 is 2.78 bits per heavy atom. The first-order valence-corrected chi connectivity index (χ1v) is 7.67. The second kappa shape index (κ2) is 6.50. The maximum Gasteiger partial charge on any atom is 0.272 e. The van der Waals surface area contributed by atoms with Gasteiger partial charge in [0.15, 0.2) is 0 Å². The van der Waals surface area contributed by atoms with Crippen LogP contribution in [0.1, 0.15) is 16.9 Å². The van der Waals surface area contributed by atoms with E-state index in [0.717, 1.165) is 0 Å². The van der Waals surface area contributed by atoms with Gasteiger partial charge < -0.3 is 9.88 Å². The summed E-state index contributed by atoms with van der Waals surface area (Å²) in [6, 6.07) is 7.95. The predicted molar refractivity (Wildman–Crippen MR) is 85.3 cm³/mol. The van der Waals surface area contributed by atoms with Gasteiger partial charge in [-0.2, -0.15) is 0 Å². The van der Waals surface area contributed by atoms with Crippen LogP contribution in [0.15, 0.2) is 35.1 Å². The van der Waals surface area contributed by atoms with Crippen LogP contribution < -0.4 is 5.56 Å². The number of nitrogens with one attached hydrogen (secondary N) is 1. The van der Waals surface area contributed by atoms with E-state index in [1.807, 2.05) is 0 Å². The summed E-state index contributed by atoms with van der Waals surface area (Å²) >= 11 is 5.84. The number of alkyl halides is 1. The van der Waals surface area contributed by atoms with E-state index in [1.54, 1.807) is 24.3 Å². The van der Waals surface area contributed by atoms with Gasteiger partial charge in [0.1, 0.15) is 11.5 Å². The zero-order valence-electron chi connectivity index (χ0n) is 12.3. The molecule has 1 atom stereocenters. The van der Waals surface area contributed by atoms with Crippen molar-refractivity contribution in [2.24, 2.45) is 5.92 Å². The van der Waals surface area contributed by atoms with Gasteiger partial charge in [-0.3, -0.25) is 14.0 Å². The van der Waals surface area contributed by atoms with E-state index in [4.69, 9.17) is 11.6 Å². The molecule has 7 heteroatoms. The Kier molecular flexibility index (Phi) is 4.43. The lowest BCUT2D eigenvalue weighted by Crippen LogP contribution is -2.31. The van der Waals surface area contributed by atoms with Crippen molar-refractivity contribution in [1.29, 1.82) is 0 Å². The molecule has 1 N–H and O–H groups in total. The molecule has 2 aromatic rings. The van der Waals surface area contributed by atoms with Crippen molar-refractivity contribution < 1.29 is 9.18 Å². The molecular weight excluding hydrogens is 321 g/mol. The van der Waals surface area contributed by atoms with Crippen LogP contribution >= 0.6 is 11.6 Å². The standard InChI is InChI=1S/C16H15ClFN3O2/c17-12-3-1-11(2-4-12)15-19-13(7-14(22)20-15)16(23)21-6-5-10(8-18)9-21/h1-4,7,10H,5-6,8-9H2,(H,19,20,22). The normalized spacial score (nSPS) is 17.5. The summed E-state index contributed by atoms with van der Waals surface area (Å²) in [4.78, 5) is 32.7. The minimum atomic E-state index is -0.442. The number of carbonyl (C=O) groups excluding carboxylic acids is 1. The van der Waals surface area contributed by atoms with Crippen LogP contribution in [-0.4, -0.2) is 40.5 Å². The Labute approximate surface area is 137 Å². The summed E-state index contributed by atoms with van der Waals surface area (Å²) in [6.45, 7) is 0.404. The highest BCUT2D eigenvalue weighted by molar-refractivity contribution is 6.30. The fraction of sp³-hybridized carbons (Fsp3) is 0.312. The maximum atomic E-state index is 12.7. The van der Waals surface area contributed by atoms with Gasteiger partial charge in [-0.1, -0.05) is 11.6 Å². The minimum Gasteiger partial charge on any atom is -0.337 e. The van der Waals surface area contributed by atoms with Crippen molar-refractivity contribution in [1.82, 2.24) is 14.9 Å². The number of amides is 1. The average Bonchev–Trinajstić information content (AvgIpc) is 3.03. The van der Waals surface area contributed by atoms with Crippen molar-refractivity contribution in [2.45, 2.75) is 6.42 Å². The molecule has 0 spiro atoms. The van der Waals surface area contributed by atoms with Gasteiger partial charge in [0.25, 0.3) is 11.5 Å². The minimum absolute atomic E-state index is 0.0678. The van der Waals surface area contributed by atoms with Crippen LogP contribution in [0.4, 0.5) is 4.39 Å². The Bertz CT molecular complexity index is 776. The third-order valence-electron chi connectivity index (χ3n) is 3.87. The van der Waals surface area contributed by atoms with Crippen LogP contribution in [0.2, 0.25) is 5.02 Å². The Morgan fingerprint density at radius 2 is 2.13 bits per heavy atom. The Balaban J connectivity index is 1.90. The van der Waals surface area contributed by atoms with Gasteiger partial charge in [-0.15, -0.1) is 0 Å². The van der Waals surface area contributed by atoms with E-state index in [2.05, 4.69) is 9.97 Å². The summed E-state index contributed by atoms with van der Waals surface area (Å²) in [7, 11) is 0. The smallest absolute Gasteiger partial charge is 0.272 e. The molecule has 1 aromatic carbocycles. The molecule has 3 rings (SSSR count). The largest absolute Gasteiger partial charge is 0.337 e. The molecule has 1 saturated heterocycles. The SMILES string of the molecule is O=C(c1cc(=O)[nH]c(-c2ccc(Cl)cc2)n1)N1CCC(CF)C1. The molecule has 1 aliphatic rings. The zero-order valence-corrected chi connectivity index (χ0v) is 13.0. The molecule has 23 heavy (non-hydrogen) atoms. The Morgan fingerprint density at radius 1 is 1.39 bits per heavy atom. The van der Waals surface area contributed by atoms with Crippen molar-refractivity contribution in [3.05, 3.63) is 51.4 Å². The van der Waals surface area contributed by atoms with E-state index >= 15 is 0 Å². The van der Waals surface area contributed by atoms with E-state index in [1.165, 1.54) is 11.0 Å². The van der Waals surface area contributed by atoms with Gasteiger partial charge in [-0.05, 0) is 30.7 Å². The lowest BCUT2D eigenvalue weighted by Gasteiger charge is -2.15. The van der Waals surface area contributed by atoms with E-state index in [-0.39, 0.29) is 17.5 Å². The monoisotopic (exact) mass is 335 g/mol. The molecule has 1 amide bonds. The number of carbonyl (C=O) groups is 1. The highest BCUT2D eigenvalue weighted by Gasteiger charge is 2.28. The average molecular weight is 336 g/mol. The third kappa shape index (κ3) is 3.42. The molecule has 5 nitrogen and oxygen atoms in total. The Hall–Kier alpha value is -2.21. The number of benzene rings is 1. The molecule has 1 fully saturated rings. The van der Waals surface area contributed by atoms with Gasteiger partial charge >= 0.3 is 0 Å². The number of hydrogen-bond donors (Lipinski definition) is 1. The summed E-state index contributed by atoms with van der Waals surface area (Å²) in [5, 5.41) is 0.567. The van der Waals surface area contributed by atoms with Gasteiger partial charge in [0, 0.05) is 35.7 Å². The number of aromatic nitrogens is 2. The molecule has 1 aliphatic heterocycles. The third-order valence-corrected chi connectivity index (χ3v) is 4.12. The number of rotatable bonds is 3. The number of nitrogens with zero attached hydrogens (tertiary/aromatic N) is 2. The van der Waals surface area contributed by atoms with Gasteiger partial charge in [0.2, 0.25) is 0 Å². The fourth-order valence-electron chi connectivity index (χ4n) is 2.62. The quantitative estimate of drug-likeness (QED) is 0.937. The summed E-state index contributed by atoms with van der Waals surface area (Å²) in [6.07, 6.45) is 0.634. The molecule has 1 unspecified atom stereocenters. The lowest BCUT2D eigenvalue weighted by atomic mass is 10.1. The number of aromatic amines is 1. The van der Waals surface area contributed by atoms with E-state index in [0.29, 0.717) is 35.9 Å². The van der Waals surface area contributed by atoms with Crippen molar-refractivity contribution in [3.63, 3.8) is 0 Å². The number of halogens is 2. The maximum absolute atomic E-state index is 12.7. The summed E-state index contributed by atoms with van der Waals surface area (Å²) in [5.74, 6) is -0.169. The van der Waals surface area contributed by atoms with Crippen LogP contribution in [0, 0.1) is 5.92 Å². The molecule has 2 heterocycles. The predicted octanol–water partition coefficient (Wildman–Crippen LogP) is 2.52. The van der Waals surface area contributed by atoms with Gasteiger partial charge in [-0.25, -0.2) is 4.98 Å². The van der Waals surface area contributed by atoms with Crippen molar-refractivity contribution in [3.8, 4) is 11.4 Å². The van der Waals surface area contributed by atoms with Gasteiger partial charge in [0.05, 0.1) is 6.67 Å². The molecule has 0 bridgehead atoms. The summed E-state index contributed by atoms with van der Waals surface area (Å²) < 4.78 is 12.7. The molecule has 0 radical (unpaired) electrons. The highest BCUT2D eigenvalue weighted by atomic mass is 35.5. The molecular formula is C16H15ClFN3O2. The van der Waals surface area contributed by atoms with Crippen LogP contribution in [0.25, 0.3) is 11.4 Å². The highest BCUT2D eigenvalue weighted by Crippen LogP contribution is 2.20. The molecule has 0 saturated carbocycles. The molecule has 1 aromatic heterocycles. The first kappa shape index (κ1) is 15.7. The molecule has 0 aliphatic carbocycles. The summed E-state index contributed by atoms with van der Waals surface area (Å²) in [5.41, 5.74) is 0.317. The van der Waals surface area contributed by atoms with Crippen molar-refractivity contribution >= 4 is 17.5 Å². The first-order valence-electron chi connectivity index (χ1n) is 7.29. The zero-order chi connectivity index (χ0) is 16.4. The number of H-pyrrole nitrogens is 1. The van der Waals surface area contributed by atoms with Crippen LogP contribution in [0.3, 0.4) is 0 Å². The topological polar surface area (TPSA) is 66.1 Å². The number of likely N-dealkylation sites (tertiary alicyclic amines) is 1. The van der Waals surface area contributed by atoms with Crippen LogP contribution in [-0.2, 0) is 0 Å². The second-order valence-electron chi connectivity index (χ2n) is 5.55. The lowest BCUT2D eigenvalue weighted by molar-refractivity contribution is 0.0779. The fourth-order valence-corrected chi connectivity index (χ4v) is 2.74. The van der Waals surface area contributed by atoms with E-state index < -0.39 is 12.2 Å².